The number of nitrogens with zero attached hydrogens (tertiary/aromatic N) is 2. The Labute approximate surface area is 113 Å². The molecule has 0 spiro atoms. The lowest BCUT2D eigenvalue weighted by Crippen LogP contribution is -2.47. The summed E-state index contributed by atoms with van der Waals surface area (Å²) in [5, 5.41) is 8.94. The van der Waals surface area contributed by atoms with Crippen LogP contribution in [0.1, 0.15) is 44.9 Å². The monoisotopic (exact) mass is 266 g/mol. The fourth-order valence-electron chi connectivity index (χ4n) is 3.01. The molecule has 2 saturated carbocycles. The minimum Gasteiger partial charge on any atom is -0.481 e. The van der Waals surface area contributed by atoms with Crippen molar-refractivity contribution in [2.45, 2.75) is 57.0 Å². The molecule has 1 aliphatic heterocycles. The summed E-state index contributed by atoms with van der Waals surface area (Å²) in [6, 6.07) is 0.433. The van der Waals surface area contributed by atoms with Gasteiger partial charge in [0.1, 0.15) is 0 Å². The zero-order valence-electron chi connectivity index (χ0n) is 11.3. The van der Waals surface area contributed by atoms with E-state index in [1.807, 2.05) is 9.80 Å². The average molecular weight is 266 g/mol. The van der Waals surface area contributed by atoms with Gasteiger partial charge in [-0.3, -0.25) is 4.79 Å². The predicted molar refractivity (Wildman–Crippen MR) is 69.8 cm³/mol. The quantitative estimate of drug-likeness (QED) is 0.827. The molecule has 0 aromatic rings. The van der Waals surface area contributed by atoms with Crippen molar-refractivity contribution in [2.75, 3.05) is 13.1 Å². The Hall–Kier alpha value is -1.26. The molecule has 3 rings (SSSR count). The van der Waals surface area contributed by atoms with E-state index in [2.05, 4.69) is 0 Å². The third kappa shape index (κ3) is 3.01. The van der Waals surface area contributed by atoms with Gasteiger partial charge in [0, 0.05) is 25.2 Å². The molecule has 1 unspecified atom stereocenters. The van der Waals surface area contributed by atoms with E-state index in [0.29, 0.717) is 12.0 Å². The molecular weight excluding hydrogens is 244 g/mol. The highest BCUT2D eigenvalue weighted by Gasteiger charge is 2.41. The van der Waals surface area contributed by atoms with Crippen molar-refractivity contribution < 1.29 is 14.7 Å². The van der Waals surface area contributed by atoms with Gasteiger partial charge in [-0.05, 0) is 44.4 Å². The summed E-state index contributed by atoms with van der Waals surface area (Å²) in [6.45, 7) is 1.62. The van der Waals surface area contributed by atoms with Gasteiger partial charge in [0.25, 0.3) is 0 Å². The molecule has 0 aromatic heterocycles. The molecule has 1 heterocycles. The van der Waals surface area contributed by atoms with Gasteiger partial charge < -0.3 is 14.9 Å². The standard InChI is InChI=1S/C14H22N2O3/c17-13(18)8-12-2-1-7-15(12)14(19)16(11-5-6-11)9-10-3-4-10/h10-12H,1-9H2,(H,17,18). The van der Waals surface area contributed by atoms with Crippen molar-refractivity contribution in [1.82, 2.24) is 9.80 Å². The zero-order chi connectivity index (χ0) is 13.4. The Kier molecular flexibility index (Phi) is 3.37. The van der Waals surface area contributed by atoms with Crippen LogP contribution in [0.3, 0.4) is 0 Å². The fourth-order valence-corrected chi connectivity index (χ4v) is 3.01. The number of hydrogen-bond acceptors (Lipinski definition) is 2. The SMILES string of the molecule is O=C(O)CC1CCCN1C(=O)N(CC1CC1)C1CC1. The molecule has 0 bridgehead atoms. The lowest BCUT2D eigenvalue weighted by Gasteiger charge is -2.31. The summed E-state index contributed by atoms with van der Waals surface area (Å²) in [5.74, 6) is -0.102. The number of amides is 2. The van der Waals surface area contributed by atoms with Crippen molar-refractivity contribution in [3.63, 3.8) is 0 Å². The van der Waals surface area contributed by atoms with Crippen molar-refractivity contribution in [3.05, 3.63) is 0 Å². The van der Waals surface area contributed by atoms with E-state index in [4.69, 9.17) is 5.11 Å². The van der Waals surface area contributed by atoms with E-state index in [-0.39, 0.29) is 18.5 Å². The van der Waals surface area contributed by atoms with E-state index in [0.717, 1.165) is 38.8 Å². The number of aliphatic carboxylic acids is 1. The Morgan fingerprint density at radius 2 is 1.89 bits per heavy atom. The van der Waals surface area contributed by atoms with Crippen LogP contribution in [0.5, 0.6) is 0 Å². The zero-order valence-corrected chi connectivity index (χ0v) is 11.3. The van der Waals surface area contributed by atoms with Crippen LogP contribution in [0.2, 0.25) is 0 Å². The van der Waals surface area contributed by atoms with Crippen molar-refractivity contribution >= 4 is 12.0 Å². The number of urea groups is 1. The van der Waals surface area contributed by atoms with E-state index >= 15 is 0 Å². The molecule has 0 aromatic carbocycles. The van der Waals surface area contributed by atoms with E-state index in [9.17, 15) is 9.59 Å². The van der Waals surface area contributed by atoms with Gasteiger partial charge >= 0.3 is 12.0 Å². The molecule has 3 aliphatic rings. The molecule has 106 valence electrons. The molecule has 1 atom stereocenters. The molecule has 2 amide bonds. The van der Waals surface area contributed by atoms with Gasteiger partial charge in [0.05, 0.1) is 6.42 Å². The van der Waals surface area contributed by atoms with Crippen LogP contribution in [0.25, 0.3) is 0 Å². The van der Waals surface area contributed by atoms with E-state index in [1.54, 1.807) is 0 Å². The number of carboxylic acids is 1. The van der Waals surface area contributed by atoms with Gasteiger partial charge in [0.2, 0.25) is 0 Å². The fraction of sp³-hybridized carbons (Fsp3) is 0.857. The van der Waals surface area contributed by atoms with Gasteiger partial charge in [0.15, 0.2) is 0 Å². The smallest absolute Gasteiger partial charge is 0.320 e. The second kappa shape index (κ2) is 5.02. The minimum absolute atomic E-state index is 0.0909. The van der Waals surface area contributed by atoms with Crippen molar-refractivity contribution in [1.29, 1.82) is 0 Å². The van der Waals surface area contributed by atoms with Gasteiger partial charge in [-0.15, -0.1) is 0 Å². The summed E-state index contributed by atoms with van der Waals surface area (Å²) in [7, 11) is 0. The molecule has 3 fully saturated rings. The third-order valence-corrected chi connectivity index (χ3v) is 4.42. The summed E-state index contributed by atoms with van der Waals surface area (Å²) in [5.41, 5.74) is 0. The van der Waals surface area contributed by atoms with Gasteiger partial charge in [-0.25, -0.2) is 4.79 Å². The molecule has 19 heavy (non-hydrogen) atoms. The van der Waals surface area contributed by atoms with Crippen LogP contribution in [0.4, 0.5) is 4.79 Å². The number of rotatable bonds is 5. The number of hydrogen-bond donors (Lipinski definition) is 1. The topological polar surface area (TPSA) is 60.9 Å². The summed E-state index contributed by atoms with van der Waals surface area (Å²) in [4.78, 5) is 27.4. The van der Waals surface area contributed by atoms with Crippen molar-refractivity contribution in [2.24, 2.45) is 5.92 Å². The number of carbonyl (C=O) groups excluding carboxylic acids is 1. The first-order valence-electron chi connectivity index (χ1n) is 7.44. The minimum atomic E-state index is -0.801. The highest BCUT2D eigenvalue weighted by Crippen LogP contribution is 2.36. The molecule has 5 nitrogen and oxygen atoms in total. The summed E-state index contributed by atoms with van der Waals surface area (Å²) < 4.78 is 0. The summed E-state index contributed by atoms with van der Waals surface area (Å²) in [6.07, 6.45) is 6.59. The van der Waals surface area contributed by atoms with Gasteiger partial charge in [-0.2, -0.15) is 0 Å². The highest BCUT2D eigenvalue weighted by molar-refractivity contribution is 5.77. The normalized spacial score (nSPS) is 26.5. The van der Waals surface area contributed by atoms with Crippen LogP contribution < -0.4 is 0 Å². The number of carboxylic acid groups (broad SMARTS) is 1. The third-order valence-electron chi connectivity index (χ3n) is 4.42. The molecule has 1 N–H and O–H groups in total. The Morgan fingerprint density at radius 1 is 1.16 bits per heavy atom. The second-order valence-electron chi connectivity index (χ2n) is 6.20. The highest BCUT2D eigenvalue weighted by atomic mass is 16.4. The first kappa shape index (κ1) is 12.8. The van der Waals surface area contributed by atoms with Crippen LogP contribution >= 0.6 is 0 Å². The van der Waals surface area contributed by atoms with E-state index in [1.165, 1.54) is 12.8 Å². The van der Waals surface area contributed by atoms with Crippen LogP contribution in [-0.4, -0.2) is 52.1 Å². The Morgan fingerprint density at radius 3 is 2.47 bits per heavy atom. The largest absolute Gasteiger partial charge is 0.481 e. The average Bonchev–Trinajstić information content (AvgIpc) is 3.25. The van der Waals surface area contributed by atoms with Crippen LogP contribution in [0.15, 0.2) is 0 Å². The molecular formula is C14H22N2O3. The molecule has 1 saturated heterocycles. The maximum atomic E-state index is 12.6. The number of likely N-dealkylation sites (tertiary alicyclic amines) is 1. The van der Waals surface area contributed by atoms with Crippen LogP contribution in [-0.2, 0) is 4.79 Å². The number of carbonyl (C=O) groups is 2. The molecule has 0 radical (unpaired) electrons. The van der Waals surface area contributed by atoms with Crippen LogP contribution in [0, 0.1) is 5.92 Å². The predicted octanol–water partition coefficient (Wildman–Crippen LogP) is 1.92. The van der Waals surface area contributed by atoms with E-state index < -0.39 is 5.97 Å². The molecule has 2 aliphatic carbocycles. The first-order chi connectivity index (χ1) is 9.15. The van der Waals surface area contributed by atoms with Gasteiger partial charge in [-0.1, -0.05) is 0 Å². The maximum absolute atomic E-state index is 12.6. The Balaban J connectivity index is 1.64. The lowest BCUT2D eigenvalue weighted by molar-refractivity contribution is -0.138. The lowest BCUT2D eigenvalue weighted by atomic mass is 10.1. The molecule has 5 heteroatoms. The Bertz CT molecular complexity index is 377. The summed E-state index contributed by atoms with van der Waals surface area (Å²) >= 11 is 0. The maximum Gasteiger partial charge on any atom is 0.320 e. The first-order valence-corrected chi connectivity index (χ1v) is 7.44. The second-order valence-corrected chi connectivity index (χ2v) is 6.20. The van der Waals surface area contributed by atoms with Crippen molar-refractivity contribution in [3.8, 4) is 0 Å².